The summed E-state index contributed by atoms with van der Waals surface area (Å²) in [6.07, 6.45) is 0. The van der Waals surface area contributed by atoms with Gasteiger partial charge in [-0.3, -0.25) is 0 Å². The van der Waals surface area contributed by atoms with E-state index < -0.39 is 0 Å². The highest BCUT2D eigenvalue weighted by molar-refractivity contribution is 6.02. The molecule has 0 saturated carbocycles. The van der Waals surface area contributed by atoms with Crippen molar-refractivity contribution in [3.05, 3.63) is 284 Å². The molecule has 1 aliphatic carbocycles. The highest BCUT2D eigenvalue weighted by Gasteiger charge is 2.42. The molecule has 11 aromatic carbocycles. The van der Waals surface area contributed by atoms with Crippen molar-refractivity contribution in [2.75, 3.05) is 4.90 Å². The van der Waals surface area contributed by atoms with Crippen molar-refractivity contribution in [1.29, 1.82) is 0 Å². The molecule has 0 N–H and O–H groups in total. The van der Waals surface area contributed by atoms with Crippen molar-refractivity contribution in [3.63, 3.8) is 0 Å². The first-order chi connectivity index (χ1) is 33.1. The van der Waals surface area contributed by atoms with Crippen LogP contribution in [0.4, 0.5) is 17.1 Å². The summed E-state index contributed by atoms with van der Waals surface area (Å²) in [6, 6.07) is 97.8. The number of para-hydroxylation sites is 1. The summed E-state index contributed by atoms with van der Waals surface area (Å²) in [5.74, 6) is 0. The zero-order chi connectivity index (χ0) is 44.7. The van der Waals surface area contributed by atoms with Gasteiger partial charge in [-0.2, -0.15) is 0 Å². The fourth-order valence-corrected chi connectivity index (χ4v) is 10.8. The Morgan fingerprint density at radius 3 is 1.46 bits per heavy atom. The van der Waals surface area contributed by atoms with Crippen LogP contribution in [0.3, 0.4) is 0 Å². The van der Waals surface area contributed by atoms with Crippen LogP contribution < -0.4 is 4.90 Å². The van der Waals surface area contributed by atoms with E-state index in [9.17, 15) is 0 Å². The lowest BCUT2D eigenvalue weighted by Gasteiger charge is -2.32. The normalized spacial score (nSPS) is 13.8. The maximum Gasteiger partial charge on any atom is 0.0543 e. The molecule has 11 aromatic rings. The Bertz CT molecular complexity index is 3570. The van der Waals surface area contributed by atoms with Crippen LogP contribution in [0.25, 0.3) is 77.5 Å². The van der Waals surface area contributed by atoms with Crippen LogP contribution in [0.5, 0.6) is 0 Å². The molecule has 0 heterocycles. The number of anilines is 3. The minimum atomic E-state index is -0.343. The fourth-order valence-electron chi connectivity index (χ4n) is 10.8. The summed E-state index contributed by atoms with van der Waals surface area (Å²) in [6.45, 7) is 2.40. The molecule has 316 valence electrons. The monoisotopic (exact) mass is 853 g/mol. The van der Waals surface area contributed by atoms with E-state index in [0.29, 0.717) is 0 Å². The van der Waals surface area contributed by atoms with E-state index in [1.54, 1.807) is 0 Å². The molecule has 0 aromatic heterocycles. The Morgan fingerprint density at radius 2 is 0.731 bits per heavy atom. The number of hydrogen-bond donors (Lipinski definition) is 0. The highest BCUT2D eigenvalue weighted by Crippen LogP contribution is 2.57. The molecule has 0 saturated heterocycles. The maximum absolute atomic E-state index is 2.51. The predicted molar refractivity (Wildman–Crippen MR) is 283 cm³/mol. The Morgan fingerprint density at radius 1 is 0.284 bits per heavy atom. The van der Waals surface area contributed by atoms with Crippen molar-refractivity contribution < 1.29 is 0 Å². The fraction of sp³-hybridized carbons (Fsp3) is 0.0303. The molecule has 0 spiro atoms. The topological polar surface area (TPSA) is 3.24 Å². The minimum Gasteiger partial charge on any atom is -0.309 e. The van der Waals surface area contributed by atoms with Crippen LogP contribution in [0, 0.1) is 0 Å². The van der Waals surface area contributed by atoms with Gasteiger partial charge < -0.3 is 4.90 Å². The van der Waals surface area contributed by atoms with E-state index in [1.807, 2.05) is 0 Å². The van der Waals surface area contributed by atoms with Gasteiger partial charge in [-0.05, 0) is 114 Å². The molecule has 0 bridgehead atoms. The molecule has 0 amide bonds. The summed E-state index contributed by atoms with van der Waals surface area (Å²) in [5, 5.41) is 2.52. The highest BCUT2D eigenvalue weighted by atomic mass is 15.1. The summed E-state index contributed by atoms with van der Waals surface area (Å²) >= 11 is 0. The van der Waals surface area contributed by atoms with Gasteiger partial charge in [-0.1, -0.05) is 243 Å². The van der Waals surface area contributed by atoms with Gasteiger partial charge >= 0.3 is 0 Å². The van der Waals surface area contributed by atoms with Gasteiger partial charge in [0.2, 0.25) is 0 Å². The quantitative estimate of drug-likeness (QED) is 0.140. The van der Waals surface area contributed by atoms with Crippen molar-refractivity contribution in [2.24, 2.45) is 0 Å². The van der Waals surface area contributed by atoms with E-state index in [0.717, 1.165) is 22.6 Å². The number of nitrogens with zero attached hydrogens (tertiary/aromatic N) is 1. The third kappa shape index (κ3) is 6.87. The van der Waals surface area contributed by atoms with Gasteiger partial charge in [0.25, 0.3) is 0 Å². The second-order valence-electron chi connectivity index (χ2n) is 17.7. The lowest BCUT2D eigenvalue weighted by Crippen LogP contribution is -2.22. The minimum absolute atomic E-state index is 0.343. The molecule has 1 aliphatic rings. The molecule has 1 atom stereocenters. The largest absolute Gasteiger partial charge is 0.309 e. The standard InChI is InChI=1S/C66H47N/c1-66(51-24-6-3-7-25-51)61-34-16-14-32-60(61)65-62(66)35-19-37-64(65)67(52-44-42-47(43-45-52)46-38-40-50(41-39-46)54-33-18-23-49-22-8-9-26-53(49)54)63-36-17-15-31-59(63)58-30-13-12-29-57(58)56-28-11-10-27-55(56)48-20-4-2-5-21-48/h2-45H,1H3. The zero-order valence-electron chi connectivity index (χ0n) is 37.4. The Labute approximate surface area is 393 Å². The third-order valence-corrected chi connectivity index (χ3v) is 14.0. The van der Waals surface area contributed by atoms with E-state index >= 15 is 0 Å². The molecule has 0 aliphatic heterocycles. The molecule has 1 nitrogen and oxygen atoms in total. The summed E-state index contributed by atoms with van der Waals surface area (Å²) < 4.78 is 0. The molecule has 1 heteroatoms. The predicted octanol–water partition coefficient (Wildman–Crippen LogP) is 18.0. The number of benzene rings is 11. The molecule has 0 radical (unpaired) electrons. The third-order valence-electron chi connectivity index (χ3n) is 14.0. The maximum atomic E-state index is 2.51. The Balaban J connectivity index is 1.03. The molecule has 67 heavy (non-hydrogen) atoms. The van der Waals surface area contributed by atoms with Crippen LogP contribution >= 0.6 is 0 Å². The Kier molecular flexibility index (Phi) is 10.0. The lowest BCUT2D eigenvalue weighted by atomic mass is 9.74. The van der Waals surface area contributed by atoms with E-state index in [2.05, 4.69) is 279 Å². The van der Waals surface area contributed by atoms with Crippen LogP contribution in [0.1, 0.15) is 23.6 Å². The van der Waals surface area contributed by atoms with Crippen LogP contribution in [0.15, 0.2) is 267 Å². The number of hydrogen-bond acceptors (Lipinski definition) is 1. The Hall–Kier alpha value is -8.52. The van der Waals surface area contributed by atoms with Gasteiger partial charge in [-0.25, -0.2) is 0 Å². The lowest BCUT2D eigenvalue weighted by molar-refractivity contribution is 0.714. The van der Waals surface area contributed by atoms with Gasteiger partial charge in [-0.15, -0.1) is 0 Å². The molecule has 1 unspecified atom stereocenters. The van der Waals surface area contributed by atoms with Crippen LogP contribution in [-0.4, -0.2) is 0 Å². The van der Waals surface area contributed by atoms with Gasteiger partial charge in [0, 0.05) is 22.2 Å². The second-order valence-corrected chi connectivity index (χ2v) is 17.7. The first kappa shape index (κ1) is 40.0. The summed E-state index contributed by atoms with van der Waals surface area (Å²) in [7, 11) is 0. The van der Waals surface area contributed by atoms with Crippen LogP contribution in [0.2, 0.25) is 0 Å². The van der Waals surface area contributed by atoms with Gasteiger partial charge in [0.15, 0.2) is 0 Å². The van der Waals surface area contributed by atoms with Crippen LogP contribution in [-0.2, 0) is 5.41 Å². The van der Waals surface area contributed by atoms with Crippen molar-refractivity contribution in [3.8, 4) is 66.8 Å². The number of fused-ring (bicyclic) bond motifs is 4. The average molecular weight is 854 g/mol. The van der Waals surface area contributed by atoms with Gasteiger partial charge in [0.05, 0.1) is 11.4 Å². The smallest absolute Gasteiger partial charge is 0.0543 e. The molecular formula is C66H47N. The van der Waals surface area contributed by atoms with Crippen molar-refractivity contribution in [2.45, 2.75) is 12.3 Å². The van der Waals surface area contributed by atoms with Crippen molar-refractivity contribution in [1.82, 2.24) is 0 Å². The number of rotatable bonds is 9. The average Bonchev–Trinajstić information content (AvgIpc) is 3.68. The molecule has 12 rings (SSSR count). The molecular weight excluding hydrogens is 807 g/mol. The van der Waals surface area contributed by atoms with Crippen molar-refractivity contribution >= 4 is 27.8 Å². The first-order valence-corrected chi connectivity index (χ1v) is 23.3. The SMILES string of the molecule is CC1(c2ccccc2)c2ccccc2-c2c(N(c3ccc(-c4ccc(-c5cccc6ccccc56)cc4)cc3)c3ccccc3-c3ccccc3-c3ccccc3-c3ccccc3)cccc21. The zero-order valence-corrected chi connectivity index (χ0v) is 37.4. The molecule has 0 fully saturated rings. The van der Waals surface area contributed by atoms with Gasteiger partial charge in [0.1, 0.15) is 0 Å². The van der Waals surface area contributed by atoms with E-state index in [1.165, 1.54) is 88.7 Å². The second kappa shape index (κ2) is 16.8. The van der Waals surface area contributed by atoms with E-state index in [4.69, 9.17) is 0 Å². The summed E-state index contributed by atoms with van der Waals surface area (Å²) in [4.78, 5) is 2.51. The van der Waals surface area contributed by atoms with E-state index in [-0.39, 0.29) is 5.41 Å². The summed E-state index contributed by atoms with van der Waals surface area (Å²) in [5.41, 5.74) is 21.4. The first-order valence-electron chi connectivity index (χ1n) is 23.3.